The van der Waals surface area contributed by atoms with Gasteiger partial charge in [0.05, 0.1) is 0 Å². The first kappa shape index (κ1) is 15.4. The van der Waals surface area contributed by atoms with E-state index in [0.717, 1.165) is 34.0 Å². The highest BCUT2D eigenvalue weighted by atomic mass is 16.1. The lowest BCUT2D eigenvalue weighted by Crippen LogP contribution is -2.35. The van der Waals surface area contributed by atoms with E-state index >= 15 is 0 Å². The fourth-order valence-electron chi connectivity index (χ4n) is 2.89. The predicted molar refractivity (Wildman–Crippen MR) is 93.4 cm³/mol. The van der Waals surface area contributed by atoms with Crippen LogP contribution in [0.2, 0.25) is 0 Å². The second-order valence-corrected chi connectivity index (χ2v) is 6.23. The average Bonchev–Trinajstić information content (AvgIpc) is 2.54. The van der Waals surface area contributed by atoms with Crippen LogP contribution in [0.3, 0.4) is 0 Å². The number of pyridine rings is 2. The molecule has 0 aliphatic rings. The third kappa shape index (κ3) is 3.17. The number of hydrogen-bond acceptors (Lipinski definition) is 3. The maximum atomic E-state index is 12.0. The molecule has 1 unspecified atom stereocenters. The Morgan fingerprint density at radius 1 is 1.26 bits per heavy atom. The van der Waals surface area contributed by atoms with Gasteiger partial charge in [-0.1, -0.05) is 25.1 Å². The summed E-state index contributed by atoms with van der Waals surface area (Å²) in [7, 11) is 0. The SMILES string of the molecule is CCc1cc2ccc(C(C)(N)Cc3cccnc3)cc2[nH]c1=O. The Hall–Kier alpha value is -2.46. The van der Waals surface area contributed by atoms with Gasteiger partial charge >= 0.3 is 0 Å². The Balaban J connectivity index is 2.00. The molecule has 3 N–H and O–H groups in total. The molecule has 118 valence electrons. The molecule has 23 heavy (non-hydrogen) atoms. The number of aromatic nitrogens is 2. The van der Waals surface area contributed by atoms with E-state index in [0.29, 0.717) is 6.42 Å². The number of nitrogens with two attached hydrogens (primary N) is 1. The molecule has 0 radical (unpaired) electrons. The van der Waals surface area contributed by atoms with E-state index in [1.807, 2.05) is 56.4 Å². The molecule has 2 heterocycles. The van der Waals surface area contributed by atoms with Crippen LogP contribution in [-0.2, 0) is 18.4 Å². The van der Waals surface area contributed by atoms with Crippen molar-refractivity contribution in [1.29, 1.82) is 0 Å². The summed E-state index contributed by atoms with van der Waals surface area (Å²) in [6, 6.07) is 11.9. The van der Waals surface area contributed by atoms with Crippen LogP contribution in [0.1, 0.15) is 30.5 Å². The van der Waals surface area contributed by atoms with E-state index < -0.39 is 5.54 Å². The van der Waals surface area contributed by atoms with E-state index in [1.165, 1.54) is 0 Å². The van der Waals surface area contributed by atoms with E-state index in [1.54, 1.807) is 6.20 Å². The van der Waals surface area contributed by atoms with Gasteiger partial charge in [0.2, 0.25) is 0 Å². The van der Waals surface area contributed by atoms with Crippen LogP contribution in [0, 0.1) is 0 Å². The fraction of sp³-hybridized carbons (Fsp3) is 0.263. The van der Waals surface area contributed by atoms with Crippen molar-refractivity contribution in [2.24, 2.45) is 5.73 Å². The van der Waals surface area contributed by atoms with Crippen molar-refractivity contribution in [3.05, 3.63) is 75.8 Å². The second-order valence-electron chi connectivity index (χ2n) is 6.23. The quantitative estimate of drug-likeness (QED) is 0.778. The molecule has 3 rings (SSSR count). The van der Waals surface area contributed by atoms with Crippen molar-refractivity contribution in [2.45, 2.75) is 32.2 Å². The van der Waals surface area contributed by atoms with Gasteiger partial charge in [-0.3, -0.25) is 9.78 Å². The summed E-state index contributed by atoms with van der Waals surface area (Å²) in [6.07, 6.45) is 5.00. The number of rotatable bonds is 4. The molecule has 0 fully saturated rings. The van der Waals surface area contributed by atoms with Gasteiger partial charge in [-0.05, 0) is 54.5 Å². The van der Waals surface area contributed by atoms with Crippen molar-refractivity contribution in [3.63, 3.8) is 0 Å². The smallest absolute Gasteiger partial charge is 0.251 e. The summed E-state index contributed by atoms with van der Waals surface area (Å²) in [4.78, 5) is 19.1. The number of benzene rings is 1. The van der Waals surface area contributed by atoms with Crippen LogP contribution in [0.15, 0.2) is 53.6 Å². The van der Waals surface area contributed by atoms with Crippen LogP contribution >= 0.6 is 0 Å². The summed E-state index contributed by atoms with van der Waals surface area (Å²) >= 11 is 0. The van der Waals surface area contributed by atoms with Crippen LogP contribution in [0.5, 0.6) is 0 Å². The molecule has 4 nitrogen and oxygen atoms in total. The minimum Gasteiger partial charge on any atom is -0.322 e. The molecule has 3 aromatic rings. The zero-order valence-corrected chi connectivity index (χ0v) is 13.5. The number of aryl methyl sites for hydroxylation is 1. The van der Waals surface area contributed by atoms with E-state index in [4.69, 9.17) is 5.73 Å². The van der Waals surface area contributed by atoms with Crippen molar-refractivity contribution in [1.82, 2.24) is 9.97 Å². The Morgan fingerprint density at radius 2 is 2.09 bits per heavy atom. The molecular weight excluding hydrogens is 286 g/mol. The van der Waals surface area contributed by atoms with Gasteiger partial charge in [-0.15, -0.1) is 0 Å². The molecule has 0 saturated carbocycles. The molecule has 0 saturated heterocycles. The highest BCUT2D eigenvalue weighted by Gasteiger charge is 2.22. The van der Waals surface area contributed by atoms with Crippen LogP contribution in [0.25, 0.3) is 10.9 Å². The Labute approximate surface area is 135 Å². The number of aromatic amines is 1. The number of hydrogen-bond donors (Lipinski definition) is 2. The number of fused-ring (bicyclic) bond motifs is 1. The van der Waals surface area contributed by atoms with Gasteiger partial charge in [0, 0.05) is 29.0 Å². The maximum Gasteiger partial charge on any atom is 0.251 e. The van der Waals surface area contributed by atoms with E-state index in [9.17, 15) is 4.79 Å². The first-order valence-electron chi connectivity index (χ1n) is 7.84. The molecule has 2 aromatic heterocycles. The topological polar surface area (TPSA) is 71.8 Å². The highest BCUT2D eigenvalue weighted by molar-refractivity contribution is 5.80. The molecule has 1 atom stereocenters. The third-order valence-electron chi connectivity index (χ3n) is 4.26. The van der Waals surface area contributed by atoms with Gasteiger partial charge in [0.1, 0.15) is 0 Å². The minimum atomic E-state index is -0.530. The Kier molecular flexibility index (Phi) is 4.01. The van der Waals surface area contributed by atoms with Gasteiger partial charge in [0.25, 0.3) is 5.56 Å². The summed E-state index contributed by atoms with van der Waals surface area (Å²) in [5.74, 6) is 0. The number of nitrogens with one attached hydrogen (secondary N) is 1. The zero-order valence-electron chi connectivity index (χ0n) is 13.5. The summed E-state index contributed by atoms with van der Waals surface area (Å²) in [5.41, 5.74) is 9.69. The predicted octanol–water partition coefficient (Wildman–Crippen LogP) is 2.90. The first-order valence-corrected chi connectivity index (χ1v) is 7.84. The molecule has 0 amide bonds. The number of nitrogens with zero attached hydrogens (tertiary/aromatic N) is 1. The van der Waals surface area contributed by atoms with Crippen molar-refractivity contribution in [2.75, 3.05) is 0 Å². The third-order valence-corrected chi connectivity index (χ3v) is 4.26. The molecule has 1 aromatic carbocycles. The van der Waals surface area contributed by atoms with Crippen molar-refractivity contribution in [3.8, 4) is 0 Å². The lowest BCUT2D eigenvalue weighted by atomic mass is 9.86. The zero-order chi connectivity index (χ0) is 16.4. The average molecular weight is 307 g/mol. The molecule has 0 spiro atoms. The summed E-state index contributed by atoms with van der Waals surface area (Å²) in [5, 5.41) is 1.03. The first-order chi connectivity index (χ1) is 11.0. The van der Waals surface area contributed by atoms with Crippen LogP contribution in [0.4, 0.5) is 0 Å². The van der Waals surface area contributed by atoms with Crippen molar-refractivity contribution >= 4 is 10.9 Å². The molecule has 4 heteroatoms. The van der Waals surface area contributed by atoms with E-state index in [-0.39, 0.29) is 5.56 Å². The normalized spacial score (nSPS) is 13.9. The lowest BCUT2D eigenvalue weighted by Gasteiger charge is -2.25. The highest BCUT2D eigenvalue weighted by Crippen LogP contribution is 2.25. The Morgan fingerprint density at radius 3 is 2.78 bits per heavy atom. The Bertz CT molecular complexity index is 882. The van der Waals surface area contributed by atoms with Gasteiger partial charge in [-0.2, -0.15) is 0 Å². The molecule has 0 aliphatic heterocycles. The van der Waals surface area contributed by atoms with Crippen LogP contribution < -0.4 is 11.3 Å². The molecule has 0 bridgehead atoms. The summed E-state index contributed by atoms with van der Waals surface area (Å²) < 4.78 is 0. The number of H-pyrrole nitrogens is 1. The maximum absolute atomic E-state index is 12.0. The lowest BCUT2D eigenvalue weighted by molar-refractivity contribution is 0.491. The fourth-order valence-corrected chi connectivity index (χ4v) is 2.89. The summed E-state index contributed by atoms with van der Waals surface area (Å²) in [6.45, 7) is 3.98. The van der Waals surface area contributed by atoms with Gasteiger partial charge in [0.15, 0.2) is 0 Å². The molecule has 0 aliphatic carbocycles. The van der Waals surface area contributed by atoms with Crippen molar-refractivity contribution < 1.29 is 0 Å². The standard InChI is InChI=1S/C19H21N3O/c1-3-14-9-15-6-7-16(10-17(15)22-18(14)23)19(2,20)11-13-5-4-8-21-12-13/h4-10,12H,3,11,20H2,1-2H3,(H,22,23). The second kappa shape index (κ2) is 5.97. The van der Waals surface area contributed by atoms with Gasteiger partial charge in [-0.25, -0.2) is 0 Å². The monoisotopic (exact) mass is 307 g/mol. The minimum absolute atomic E-state index is 0.0249. The van der Waals surface area contributed by atoms with Crippen LogP contribution in [-0.4, -0.2) is 9.97 Å². The largest absolute Gasteiger partial charge is 0.322 e. The van der Waals surface area contributed by atoms with E-state index in [2.05, 4.69) is 9.97 Å². The van der Waals surface area contributed by atoms with Gasteiger partial charge < -0.3 is 10.7 Å². The molecular formula is C19H21N3O.